The normalized spacial score (nSPS) is 15.9. The third-order valence-corrected chi connectivity index (χ3v) is 3.83. The zero-order valence-electron chi connectivity index (χ0n) is 9.73. The lowest BCUT2D eigenvalue weighted by Crippen LogP contribution is -2.29. The molecule has 1 aliphatic heterocycles. The van der Waals surface area contributed by atoms with Gasteiger partial charge in [0.2, 0.25) is 0 Å². The first-order valence-corrected chi connectivity index (χ1v) is 6.46. The molecule has 0 radical (unpaired) electrons. The molecular weight excluding hydrogens is 330 g/mol. The summed E-state index contributed by atoms with van der Waals surface area (Å²) < 4.78 is 51.3. The molecule has 0 atom stereocenters. The van der Waals surface area contributed by atoms with E-state index in [1.165, 1.54) is 4.90 Å². The molecule has 0 spiro atoms. The van der Waals surface area contributed by atoms with E-state index in [0.717, 1.165) is 12.8 Å². The molecule has 104 valence electrons. The molecule has 2 nitrogen and oxygen atoms in total. The van der Waals surface area contributed by atoms with Gasteiger partial charge in [-0.15, -0.1) is 0 Å². The largest absolute Gasteiger partial charge is 0.417 e. The third-order valence-electron chi connectivity index (χ3n) is 3.00. The topological polar surface area (TPSA) is 20.3 Å². The lowest BCUT2D eigenvalue weighted by atomic mass is 10.1. The molecule has 0 bridgehead atoms. The molecule has 1 heterocycles. The Morgan fingerprint density at radius 1 is 1.21 bits per heavy atom. The highest BCUT2D eigenvalue weighted by Gasteiger charge is 2.36. The molecule has 1 fully saturated rings. The Labute approximate surface area is 115 Å². The van der Waals surface area contributed by atoms with Gasteiger partial charge in [-0.2, -0.15) is 13.2 Å². The van der Waals surface area contributed by atoms with E-state index in [0.29, 0.717) is 25.2 Å². The fourth-order valence-corrected chi connectivity index (χ4v) is 2.76. The van der Waals surface area contributed by atoms with E-state index >= 15 is 0 Å². The summed E-state index contributed by atoms with van der Waals surface area (Å²) in [5.74, 6) is -1.65. The van der Waals surface area contributed by atoms with E-state index in [-0.39, 0.29) is 0 Å². The second-order valence-electron chi connectivity index (χ2n) is 4.28. The van der Waals surface area contributed by atoms with Crippen LogP contribution in [0.15, 0.2) is 16.6 Å². The van der Waals surface area contributed by atoms with Crippen LogP contribution in [-0.4, -0.2) is 23.9 Å². The molecule has 2 rings (SSSR count). The van der Waals surface area contributed by atoms with Crippen molar-refractivity contribution in [2.75, 3.05) is 13.1 Å². The summed E-state index contributed by atoms with van der Waals surface area (Å²) in [5, 5.41) is 0. The van der Waals surface area contributed by atoms with Crippen LogP contribution >= 0.6 is 15.9 Å². The number of alkyl halides is 3. The number of carbonyl (C=O) groups excluding carboxylic acids is 1. The molecule has 1 amide bonds. The Hall–Kier alpha value is -1.11. The summed E-state index contributed by atoms with van der Waals surface area (Å²) in [5.41, 5.74) is -1.59. The third kappa shape index (κ3) is 2.75. The molecule has 0 aliphatic carbocycles. The number of nitrogens with zero attached hydrogens (tertiary/aromatic N) is 1. The molecule has 0 saturated carbocycles. The van der Waals surface area contributed by atoms with Gasteiger partial charge in [0.15, 0.2) is 0 Å². The minimum absolute atomic E-state index is 0.445. The quantitative estimate of drug-likeness (QED) is 0.712. The monoisotopic (exact) mass is 339 g/mol. The summed E-state index contributed by atoms with van der Waals surface area (Å²) in [6, 6.07) is 1.30. The van der Waals surface area contributed by atoms with Gasteiger partial charge >= 0.3 is 6.18 Å². The average molecular weight is 340 g/mol. The Balaban J connectivity index is 2.47. The summed E-state index contributed by atoms with van der Waals surface area (Å²) >= 11 is 2.71. The molecule has 0 N–H and O–H groups in total. The van der Waals surface area contributed by atoms with E-state index in [1.807, 2.05) is 0 Å². The highest BCUT2D eigenvalue weighted by Crippen LogP contribution is 2.38. The van der Waals surface area contributed by atoms with E-state index < -0.39 is 33.5 Å². The summed E-state index contributed by atoms with van der Waals surface area (Å²) in [6.45, 7) is 0.891. The van der Waals surface area contributed by atoms with E-state index in [1.54, 1.807) is 0 Å². The van der Waals surface area contributed by atoms with Crippen molar-refractivity contribution < 1.29 is 22.4 Å². The first kappa shape index (κ1) is 14.3. The van der Waals surface area contributed by atoms with Crippen LogP contribution in [0.1, 0.15) is 28.8 Å². The highest BCUT2D eigenvalue weighted by atomic mass is 79.9. The van der Waals surface area contributed by atoms with Gasteiger partial charge in [-0.1, -0.05) is 0 Å². The molecule has 1 aliphatic rings. The molecule has 1 aromatic rings. The van der Waals surface area contributed by atoms with Gasteiger partial charge in [-0.25, -0.2) is 4.39 Å². The number of amides is 1. The second-order valence-corrected chi connectivity index (χ2v) is 5.07. The maximum Gasteiger partial charge on any atom is 0.417 e. The van der Waals surface area contributed by atoms with Gasteiger partial charge in [0.25, 0.3) is 5.91 Å². The Kier molecular flexibility index (Phi) is 3.85. The fourth-order valence-electron chi connectivity index (χ4n) is 2.05. The Morgan fingerprint density at radius 2 is 1.79 bits per heavy atom. The lowest BCUT2D eigenvalue weighted by Gasteiger charge is -2.18. The molecule has 0 unspecified atom stereocenters. The smallest absolute Gasteiger partial charge is 0.339 e. The number of hydrogen-bond donors (Lipinski definition) is 0. The van der Waals surface area contributed by atoms with Gasteiger partial charge in [-0.3, -0.25) is 4.79 Å². The molecule has 1 aromatic carbocycles. The van der Waals surface area contributed by atoms with Gasteiger partial charge < -0.3 is 4.90 Å². The minimum Gasteiger partial charge on any atom is -0.339 e. The van der Waals surface area contributed by atoms with Crippen molar-refractivity contribution in [3.63, 3.8) is 0 Å². The van der Waals surface area contributed by atoms with Crippen LogP contribution in [0.5, 0.6) is 0 Å². The summed E-state index contributed by atoms with van der Waals surface area (Å²) in [7, 11) is 0. The van der Waals surface area contributed by atoms with Crippen LogP contribution in [0.25, 0.3) is 0 Å². The van der Waals surface area contributed by atoms with Crippen molar-refractivity contribution in [3.8, 4) is 0 Å². The van der Waals surface area contributed by atoms with E-state index in [2.05, 4.69) is 15.9 Å². The number of halogens is 5. The molecule has 19 heavy (non-hydrogen) atoms. The SMILES string of the molecule is O=C(c1c(F)ccc(C(F)(F)F)c1Br)N1CCCC1. The zero-order chi connectivity index (χ0) is 14.2. The average Bonchev–Trinajstić information content (AvgIpc) is 2.80. The van der Waals surface area contributed by atoms with Gasteiger partial charge in [-0.05, 0) is 40.9 Å². The van der Waals surface area contributed by atoms with Gasteiger partial charge in [0, 0.05) is 17.6 Å². The van der Waals surface area contributed by atoms with Crippen LogP contribution in [0.2, 0.25) is 0 Å². The number of benzene rings is 1. The van der Waals surface area contributed by atoms with Crippen LogP contribution in [0.3, 0.4) is 0 Å². The predicted octanol–water partition coefficient (Wildman–Crippen LogP) is 3.84. The number of carbonyl (C=O) groups is 1. The maximum absolute atomic E-state index is 13.7. The van der Waals surface area contributed by atoms with Crippen LogP contribution in [0.4, 0.5) is 17.6 Å². The van der Waals surface area contributed by atoms with Crippen LogP contribution in [0, 0.1) is 5.82 Å². The Bertz CT molecular complexity index is 509. The molecule has 7 heteroatoms. The minimum atomic E-state index is -4.63. The predicted molar refractivity (Wildman–Crippen MR) is 64.2 cm³/mol. The van der Waals surface area contributed by atoms with E-state index in [4.69, 9.17) is 0 Å². The second kappa shape index (κ2) is 5.11. The number of likely N-dealkylation sites (tertiary alicyclic amines) is 1. The molecule has 0 aromatic heterocycles. The van der Waals surface area contributed by atoms with Crippen molar-refractivity contribution in [2.24, 2.45) is 0 Å². The summed E-state index contributed by atoms with van der Waals surface area (Å²) in [6.07, 6.45) is -3.07. The first-order valence-electron chi connectivity index (χ1n) is 5.67. The van der Waals surface area contributed by atoms with Crippen molar-refractivity contribution in [3.05, 3.63) is 33.5 Å². The Morgan fingerprint density at radius 3 is 2.32 bits per heavy atom. The zero-order valence-corrected chi connectivity index (χ0v) is 11.3. The molecule has 1 saturated heterocycles. The van der Waals surface area contributed by atoms with Gasteiger partial charge in [0.05, 0.1) is 11.1 Å². The highest BCUT2D eigenvalue weighted by molar-refractivity contribution is 9.10. The van der Waals surface area contributed by atoms with Crippen molar-refractivity contribution >= 4 is 21.8 Å². The van der Waals surface area contributed by atoms with Crippen molar-refractivity contribution in [2.45, 2.75) is 19.0 Å². The number of rotatable bonds is 1. The molecular formula is C12H10BrF4NO. The van der Waals surface area contributed by atoms with Crippen LogP contribution < -0.4 is 0 Å². The van der Waals surface area contributed by atoms with E-state index in [9.17, 15) is 22.4 Å². The standard InChI is InChI=1S/C12H10BrF4NO/c13-10-7(12(15,16)17)3-4-8(14)9(10)11(19)18-5-1-2-6-18/h3-4H,1-2,5-6H2. The van der Waals surface area contributed by atoms with Gasteiger partial charge in [0.1, 0.15) is 5.82 Å². The van der Waals surface area contributed by atoms with Crippen molar-refractivity contribution in [1.29, 1.82) is 0 Å². The summed E-state index contributed by atoms with van der Waals surface area (Å²) in [4.78, 5) is 13.4. The fraction of sp³-hybridized carbons (Fsp3) is 0.417. The van der Waals surface area contributed by atoms with Crippen LogP contribution in [-0.2, 0) is 6.18 Å². The first-order chi connectivity index (χ1) is 8.82. The lowest BCUT2D eigenvalue weighted by molar-refractivity contribution is -0.138. The maximum atomic E-state index is 13.7. The van der Waals surface area contributed by atoms with Crippen molar-refractivity contribution in [1.82, 2.24) is 4.90 Å². The number of hydrogen-bond acceptors (Lipinski definition) is 1.